The summed E-state index contributed by atoms with van der Waals surface area (Å²) in [5, 5.41) is 10.9. The molecule has 35 heavy (non-hydrogen) atoms. The summed E-state index contributed by atoms with van der Waals surface area (Å²) < 4.78 is 18.6. The van der Waals surface area contributed by atoms with E-state index in [1.165, 1.54) is 30.2 Å². The second-order valence-corrected chi connectivity index (χ2v) is 9.59. The minimum atomic E-state index is -0.378. The van der Waals surface area contributed by atoms with Gasteiger partial charge in [0.15, 0.2) is 5.76 Å². The van der Waals surface area contributed by atoms with Gasteiger partial charge in [-0.3, -0.25) is 9.59 Å². The van der Waals surface area contributed by atoms with Gasteiger partial charge in [-0.05, 0) is 43.3 Å². The highest BCUT2D eigenvalue weighted by molar-refractivity contribution is 8.00. The molecule has 2 aromatic carbocycles. The summed E-state index contributed by atoms with van der Waals surface area (Å²) in [4.78, 5) is 29.1. The van der Waals surface area contributed by atoms with Gasteiger partial charge in [0.05, 0.1) is 11.5 Å². The number of piperazine rings is 1. The normalized spacial score (nSPS) is 14.8. The van der Waals surface area contributed by atoms with Crippen molar-refractivity contribution < 1.29 is 18.4 Å². The lowest BCUT2D eigenvalue weighted by atomic mass is 10.1. The molecule has 1 atom stereocenters. The SMILES string of the molecule is CC(Sc1nnc(-c2ccc(F)cc2)c2ccccc12)C(=O)N1CCN(C(=O)c2ccco2)CC1. The summed E-state index contributed by atoms with van der Waals surface area (Å²) in [5.41, 5.74) is 1.44. The molecule has 0 spiro atoms. The topological polar surface area (TPSA) is 79.5 Å². The van der Waals surface area contributed by atoms with Crippen molar-refractivity contribution in [1.82, 2.24) is 20.0 Å². The summed E-state index contributed by atoms with van der Waals surface area (Å²) in [5.74, 6) is -0.166. The zero-order valence-electron chi connectivity index (χ0n) is 19.1. The average Bonchev–Trinajstić information content (AvgIpc) is 3.44. The molecule has 4 aromatic rings. The zero-order valence-corrected chi connectivity index (χ0v) is 19.9. The van der Waals surface area contributed by atoms with Gasteiger partial charge in [0.25, 0.3) is 5.91 Å². The van der Waals surface area contributed by atoms with Crippen molar-refractivity contribution in [2.24, 2.45) is 0 Å². The number of rotatable bonds is 5. The number of carbonyl (C=O) groups excluding carboxylic acids is 2. The van der Waals surface area contributed by atoms with Crippen LogP contribution in [0.15, 0.2) is 76.4 Å². The number of benzene rings is 2. The third-order valence-corrected chi connectivity index (χ3v) is 7.10. The second-order valence-electron chi connectivity index (χ2n) is 8.26. The zero-order chi connectivity index (χ0) is 24.4. The first-order valence-corrected chi connectivity index (χ1v) is 12.2. The summed E-state index contributed by atoms with van der Waals surface area (Å²) >= 11 is 1.37. The standard InChI is InChI=1S/C26H23FN4O3S/c1-17(25(32)30-12-14-31(15-13-30)26(33)22-7-4-16-34-22)35-24-21-6-3-2-5-20(21)23(28-29-24)18-8-10-19(27)11-9-18/h2-11,16-17H,12-15H2,1H3. The fourth-order valence-electron chi connectivity index (χ4n) is 4.15. The molecular formula is C26H23FN4O3S. The van der Waals surface area contributed by atoms with Crippen LogP contribution in [0.25, 0.3) is 22.0 Å². The van der Waals surface area contributed by atoms with Gasteiger partial charge in [-0.1, -0.05) is 36.0 Å². The van der Waals surface area contributed by atoms with E-state index in [9.17, 15) is 14.0 Å². The molecule has 0 aliphatic carbocycles. The average molecular weight is 491 g/mol. The van der Waals surface area contributed by atoms with Crippen LogP contribution in [0, 0.1) is 5.82 Å². The van der Waals surface area contributed by atoms with Gasteiger partial charge >= 0.3 is 0 Å². The summed E-state index contributed by atoms with van der Waals surface area (Å²) in [6.45, 7) is 3.70. The molecule has 0 N–H and O–H groups in total. The van der Waals surface area contributed by atoms with Gasteiger partial charge in [-0.15, -0.1) is 10.2 Å². The third-order valence-electron chi connectivity index (χ3n) is 6.02. The number of aromatic nitrogens is 2. The smallest absolute Gasteiger partial charge is 0.289 e. The molecule has 1 saturated heterocycles. The minimum Gasteiger partial charge on any atom is -0.459 e. The summed E-state index contributed by atoms with van der Waals surface area (Å²) in [6.07, 6.45) is 1.48. The Balaban J connectivity index is 1.29. The van der Waals surface area contributed by atoms with Crippen LogP contribution in [0.1, 0.15) is 17.5 Å². The Morgan fingerprint density at radius 3 is 2.29 bits per heavy atom. The van der Waals surface area contributed by atoms with E-state index in [2.05, 4.69) is 10.2 Å². The molecule has 1 aliphatic heterocycles. The van der Waals surface area contributed by atoms with Gasteiger partial charge in [-0.25, -0.2) is 4.39 Å². The molecule has 5 rings (SSSR count). The molecule has 9 heteroatoms. The lowest BCUT2D eigenvalue weighted by molar-refractivity contribution is -0.131. The molecule has 1 unspecified atom stereocenters. The van der Waals surface area contributed by atoms with E-state index in [0.29, 0.717) is 42.7 Å². The maximum atomic E-state index is 13.4. The maximum absolute atomic E-state index is 13.4. The third kappa shape index (κ3) is 4.77. The van der Waals surface area contributed by atoms with E-state index < -0.39 is 0 Å². The fraction of sp³-hybridized carbons (Fsp3) is 0.231. The number of halogens is 1. The number of hydrogen-bond donors (Lipinski definition) is 0. The first-order chi connectivity index (χ1) is 17.0. The highest BCUT2D eigenvalue weighted by Crippen LogP contribution is 2.34. The molecule has 0 saturated carbocycles. The number of fused-ring (bicyclic) bond motifs is 1. The predicted octanol–water partition coefficient (Wildman–Crippen LogP) is 4.49. The summed E-state index contributed by atoms with van der Waals surface area (Å²) in [7, 11) is 0. The molecule has 2 amide bonds. The Morgan fingerprint density at radius 1 is 0.914 bits per heavy atom. The van der Waals surface area contributed by atoms with Crippen molar-refractivity contribution in [3.05, 3.63) is 78.5 Å². The Bertz CT molecular complexity index is 1350. The Kier molecular flexibility index (Phi) is 6.50. The van der Waals surface area contributed by atoms with Crippen LogP contribution >= 0.6 is 11.8 Å². The highest BCUT2D eigenvalue weighted by Gasteiger charge is 2.29. The predicted molar refractivity (Wildman–Crippen MR) is 131 cm³/mol. The van der Waals surface area contributed by atoms with Crippen LogP contribution in [-0.4, -0.2) is 63.2 Å². The molecule has 7 nitrogen and oxygen atoms in total. The quantitative estimate of drug-likeness (QED) is 0.384. The van der Waals surface area contributed by atoms with Crippen LogP contribution in [0.4, 0.5) is 4.39 Å². The first kappa shape index (κ1) is 23.0. The number of furan rings is 1. The van der Waals surface area contributed by atoms with Crippen molar-refractivity contribution >= 4 is 34.3 Å². The molecular weight excluding hydrogens is 467 g/mol. The molecule has 3 heterocycles. The summed E-state index contributed by atoms with van der Waals surface area (Å²) in [6, 6.07) is 17.2. The van der Waals surface area contributed by atoms with E-state index in [1.807, 2.05) is 31.2 Å². The van der Waals surface area contributed by atoms with Gasteiger partial charge < -0.3 is 14.2 Å². The van der Waals surface area contributed by atoms with Gasteiger partial charge in [0.1, 0.15) is 16.5 Å². The molecule has 178 valence electrons. The molecule has 1 aliphatic rings. The minimum absolute atomic E-state index is 0.00594. The van der Waals surface area contributed by atoms with Crippen molar-refractivity contribution in [2.75, 3.05) is 26.2 Å². The van der Waals surface area contributed by atoms with Crippen LogP contribution in [0.2, 0.25) is 0 Å². The Hall–Kier alpha value is -3.72. The van der Waals surface area contributed by atoms with E-state index in [0.717, 1.165) is 16.3 Å². The first-order valence-electron chi connectivity index (χ1n) is 11.3. The van der Waals surface area contributed by atoms with Crippen molar-refractivity contribution in [3.8, 4) is 11.3 Å². The molecule has 1 fully saturated rings. The fourth-order valence-corrected chi connectivity index (χ4v) is 5.13. The largest absolute Gasteiger partial charge is 0.459 e. The van der Waals surface area contributed by atoms with Crippen LogP contribution in [0.3, 0.4) is 0 Å². The number of amides is 2. The number of thioether (sulfide) groups is 1. The van der Waals surface area contributed by atoms with E-state index in [4.69, 9.17) is 4.42 Å². The van der Waals surface area contributed by atoms with Crippen molar-refractivity contribution in [2.45, 2.75) is 17.2 Å². The maximum Gasteiger partial charge on any atom is 0.289 e. The lowest BCUT2D eigenvalue weighted by Crippen LogP contribution is -2.52. The number of hydrogen-bond acceptors (Lipinski definition) is 6. The van der Waals surface area contributed by atoms with E-state index >= 15 is 0 Å². The van der Waals surface area contributed by atoms with Crippen molar-refractivity contribution in [3.63, 3.8) is 0 Å². The van der Waals surface area contributed by atoms with Gasteiger partial charge in [0.2, 0.25) is 5.91 Å². The number of carbonyl (C=O) groups is 2. The molecule has 2 aromatic heterocycles. The number of nitrogens with zero attached hydrogens (tertiary/aromatic N) is 4. The van der Waals surface area contributed by atoms with Crippen LogP contribution in [-0.2, 0) is 4.79 Å². The van der Waals surface area contributed by atoms with Crippen LogP contribution in [0.5, 0.6) is 0 Å². The Morgan fingerprint density at radius 2 is 1.60 bits per heavy atom. The van der Waals surface area contributed by atoms with Gasteiger partial charge in [-0.2, -0.15) is 0 Å². The van der Waals surface area contributed by atoms with E-state index in [-0.39, 0.29) is 22.9 Å². The molecule has 0 radical (unpaired) electrons. The Labute approximate surface area is 205 Å². The molecule has 0 bridgehead atoms. The van der Waals surface area contributed by atoms with Crippen molar-refractivity contribution in [1.29, 1.82) is 0 Å². The highest BCUT2D eigenvalue weighted by atomic mass is 32.2. The van der Waals surface area contributed by atoms with E-state index in [1.54, 1.807) is 34.1 Å². The lowest BCUT2D eigenvalue weighted by Gasteiger charge is -2.35. The van der Waals surface area contributed by atoms with Crippen LogP contribution < -0.4 is 0 Å². The second kappa shape index (κ2) is 9.87. The van der Waals surface area contributed by atoms with Gasteiger partial charge in [0, 0.05) is 42.5 Å². The monoisotopic (exact) mass is 490 g/mol.